The standard InChI is InChI=1S/C11H15N3/c12-11(14-6-1-2-7-14)8-10-4-3-5-13-9-10/h3-5,9,12H,1-2,6-8H2. The Balaban J connectivity index is 1.94. The Morgan fingerprint density at radius 1 is 1.43 bits per heavy atom. The first-order valence-electron chi connectivity index (χ1n) is 5.07. The van der Waals surface area contributed by atoms with Crippen LogP contribution < -0.4 is 0 Å². The van der Waals surface area contributed by atoms with Crippen LogP contribution >= 0.6 is 0 Å². The van der Waals surface area contributed by atoms with Crippen LogP contribution in [0.4, 0.5) is 0 Å². The third kappa shape index (κ3) is 2.10. The summed E-state index contributed by atoms with van der Waals surface area (Å²) in [7, 11) is 0. The van der Waals surface area contributed by atoms with E-state index >= 15 is 0 Å². The van der Waals surface area contributed by atoms with Crippen molar-refractivity contribution in [3.63, 3.8) is 0 Å². The van der Waals surface area contributed by atoms with Gasteiger partial charge in [-0.3, -0.25) is 10.4 Å². The van der Waals surface area contributed by atoms with Crippen molar-refractivity contribution in [1.82, 2.24) is 9.88 Å². The number of aromatic nitrogens is 1. The summed E-state index contributed by atoms with van der Waals surface area (Å²) in [4.78, 5) is 6.21. The largest absolute Gasteiger partial charge is 0.360 e. The van der Waals surface area contributed by atoms with E-state index in [1.165, 1.54) is 12.8 Å². The van der Waals surface area contributed by atoms with Crippen molar-refractivity contribution in [3.8, 4) is 0 Å². The average molecular weight is 189 g/mol. The molecule has 0 atom stereocenters. The molecule has 1 fully saturated rings. The van der Waals surface area contributed by atoms with Crippen LogP contribution in [0.25, 0.3) is 0 Å². The number of pyridine rings is 1. The molecule has 0 saturated carbocycles. The molecule has 0 aromatic carbocycles. The van der Waals surface area contributed by atoms with Gasteiger partial charge in [-0.1, -0.05) is 6.07 Å². The zero-order valence-electron chi connectivity index (χ0n) is 8.24. The predicted octanol–water partition coefficient (Wildman–Crippen LogP) is 1.70. The number of amidine groups is 1. The monoisotopic (exact) mass is 189 g/mol. The number of likely N-dealkylation sites (tertiary alicyclic amines) is 1. The van der Waals surface area contributed by atoms with Crippen molar-refractivity contribution in [2.45, 2.75) is 19.3 Å². The molecular weight excluding hydrogens is 174 g/mol. The number of nitrogens with zero attached hydrogens (tertiary/aromatic N) is 2. The van der Waals surface area contributed by atoms with E-state index in [0.29, 0.717) is 6.42 Å². The second-order valence-corrected chi connectivity index (χ2v) is 3.68. The van der Waals surface area contributed by atoms with Crippen molar-refractivity contribution in [2.75, 3.05) is 13.1 Å². The number of nitrogens with one attached hydrogen (secondary N) is 1. The highest BCUT2D eigenvalue weighted by molar-refractivity contribution is 5.81. The Labute approximate surface area is 84.3 Å². The molecule has 1 aliphatic heterocycles. The van der Waals surface area contributed by atoms with Gasteiger partial charge in [0.1, 0.15) is 5.84 Å². The molecule has 0 unspecified atom stereocenters. The van der Waals surface area contributed by atoms with Gasteiger partial charge < -0.3 is 4.90 Å². The van der Waals surface area contributed by atoms with Crippen molar-refractivity contribution >= 4 is 5.84 Å². The molecule has 14 heavy (non-hydrogen) atoms. The van der Waals surface area contributed by atoms with Gasteiger partial charge in [0.15, 0.2) is 0 Å². The minimum atomic E-state index is 0.716. The molecule has 1 aromatic heterocycles. The van der Waals surface area contributed by atoms with Gasteiger partial charge in [0, 0.05) is 31.9 Å². The van der Waals surface area contributed by atoms with E-state index in [1.807, 2.05) is 18.3 Å². The fraction of sp³-hybridized carbons (Fsp3) is 0.455. The summed E-state index contributed by atoms with van der Waals surface area (Å²) in [6, 6.07) is 3.95. The fourth-order valence-electron chi connectivity index (χ4n) is 1.79. The number of hydrogen-bond donors (Lipinski definition) is 1. The summed E-state index contributed by atoms with van der Waals surface area (Å²) in [5, 5.41) is 7.92. The van der Waals surface area contributed by atoms with Gasteiger partial charge in [-0.25, -0.2) is 0 Å². The Hall–Kier alpha value is -1.38. The van der Waals surface area contributed by atoms with E-state index in [1.54, 1.807) is 6.20 Å². The second kappa shape index (κ2) is 4.22. The van der Waals surface area contributed by atoms with Gasteiger partial charge in [-0.2, -0.15) is 0 Å². The van der Waals surface area contributed by atoms with E-state index in [-0.39, 0.29) is 0 Å². The maximum atomic E-state index is 7.92. The Kier molecular flexibility index (Phi) is 2.77. The third-order valence-corrected chi connectivity index (χ3v) is 2.58. The molecule has 0 aliphatic carbocycles. The summed E-state index contributed by atoms with van der Waals surface area (Å²) in [5.41, 5.74) is 1.13. The molecule has 1 aromatic rings. The Morgan fingerprint density at radius 3 is 2.86 bits per heavy atom. The SMILES string of the molecule is N=C(Cc1cccnc1)N1CCCC1. The molecule has 2 heterocycles. The van der Waals surface area contributed by atoms with Gasteiger partial charge in [-0.15, -0.1) is 0 Å². The average Bonchev–Trinajstić information content (AvgIpc) is 2.72. The first kappa shape index (κ1) is 9.19. The van der Waals surface area contributed by atoms with Crippen LogP contribution in [-0.2, 0) is 6.42 Å². The summed E-state index contributed by atoms with van der Waals surface area (Å²) < 4.78 is 0. The molecule has 1 saturated heterocycles. The minimum absolute atomic E-state index is 0.716. The van der Waals surface area contributed by atoms with Crippen LogP contribution in [0.3, 0.4) is 0 Å². The molecule has 0 spiro atoms. The maximum absolute atomic E-state index is 7.92. The number of rotatable bonds is 2. The molecule has 0 amide bonds. The van der Waals surface area contributed by atoms with E-state index in [0.717, 1.165) is 24.5 Å². The molecule has 0 bridgehead atoms. The van der Waals surface area contributed by atoms with Crippen LogP contribution in [0.2, 0.25) is 0 Å². The molecule has 3 heteroatoms. The van der Waals surface area contributed by atoms with E-state index in [4.69, 9.17) is 5.41 Å². The van der Waals surface area contributed by atoms with Crippen molar-refractivity contribution in [1.29, 1.82) is 5.41 Å². The fourth-order valence-corrected chi connectivity index (χ4v) is 1.79. The minimum Gasteiger partial charge on any atom is -0.360 e. The first-order valence-corrected chi connectivity index (χ1v) is 5.07. The van der Waals surface area contributed by atoms with Gasteiger partial charge in [-0.05, 0) is 24.5 Å². The molecule has 3 nitrogen and oxygen atoms in total. The highest BCUT2D eigenvalue weighted by atomic mass is 15.2. The van der Waals surface area contributed by atoms with Crippen LogP contribution in [-0.4, -0.2) is 28.8 Å². The van der Waals surface area contributed by atoms with Gasteiger partial charge in [0.25, 0.3) is 0 Å². The van der Waals surface area contributed by atoms with Crippen molar-refractivity contribution in [3.05, 3.63) is 30.1 Å². The van der Waals surface area contributed by atoms with Gasteiger partial charge in [0.05, 0.1) is 0 Å². The molecule has 1 aliphatic rings. The maximum Gasteiger partial charge on any atom is 0.100 e. The van der Waals surface area contributed by atoms with Crippen LogP contribution in [0.15, 0.2) is 24.5 Å². The lowest BCUT2D eigenvalue weighted by atomic mass is 10.2. The smallest absolute Gasteiger partial charge is 0.100 e. The van der Waals surface area contributed by atoms with Gasteiger partial charge >= 0.3 is 0 Å². The van der Waals surface area contributed by atoms with Crippen LogP contribution in [0.5, 0.6) is 0 Å². The topological polar surface area (TPSA) is 40.0 Å². The van der Waals surface area contributed by atoms with Crippen molar-refractivity contribution in [2.24, 2.45) is 0 Å². The van der Waals surface area contributed by atoms with Gasteiger partial charge in [0.2, 0.25) is 0 Å². The normalized spacial score (nSPS) is 15.9. The highest BCUT2D eigenvalue weighted by Crippen LogP contribution is 2.10. The molecule has 0 radical (unpaired) electrons. The van der Waals surface area contributed by atoms with E-state index in [9.17, 15) is 0 Å². The third-order valence-electron chi connectivity index (χ3n) is 2.58. The zero-order chi connectivity index (χ0) is 9.80. The lowest BCUT2D eigenvalue weighted by molar-refractivity contribution is 0.506. The predicted molar refractivity (Wildman–Crippen MR) is 56.5 cm³/mol. The Morgan fingerprint density at radius 2 is 2.21 bits per heavy atom. The molecule has 74 valence electrons. The molecule has 1 N–H and O–H groups in total. The number of hydrogen-bond acceptors (Lipinski definition) is 2. The van der Waals surface area contributed by atoms with Crippen molar-refractivity contribution < 1.29 is 0 Å². The summed E-state index contributed by atoms with van der Waals surface area (Å²) in [6.07, 6.45) is 6.78. The Bertz CT molecular complexity index is 302. The summed E-state index contributed by atoms with van der Waals surface area (Å²) >= 11 is 0. The van der Waals surface area contributed by atoms with E-state index < -0.39 is 0 Å². The summed E-state index contributed by atoms with van der Waals surface area (Å²) in [5.74, 6) is 0.732. The molecular formula is C11H15N3. The van der Waals surface area contributed by atoms with E-state index in [2.05, 4.69) is 9.88 Å². The first-order chi connectivity index (χ1) is 6.86. The summed E-state index contributed by atoms with van der Waals surface area (Å²) in [6.45, 7) is 2.11. The van der Waals surface area contributed by atoms with Crippen LogP contribution in [0.1, 0.15) is 18.4 Å². The second-order valence-electron chi connectivity index (χ2n) is 3.68. The molecule has 2 rings (SSSR count). The lowest BCUT2D eigenvalue weighted by Gasteiger charge is -2.17. The highest BCUT2D eigenvalue weighted by Gasteiger charge is 2.14. The quantitative estimate of drug-likeness (QED) is 0.568. The zero-order valence-corrected chi connectivity index (χ0v) is 8.24. The van der Waals surface area contributed by atoms with Crippen LogP contribution in [0, 0.1) is 5.41 Å². The lowest BCUT2D eigenvalue weighted by Crippen LogP contribution is -2.28.